The molecule has 8 heteroatoms. The Morgan fingerprint density at radius 3 is 2.71 bits per heavy atom. The van der Waals surface area contributed by atoms with E-state index in [-0.39, 0.29) is 24.4 Å². The first-order chi connectivity index (χ1) is 13.5. The van der Waals surface area contributed by atoms with Crippen molar-refractivity contribution in [3.63, 3.8) is 0 Å². The molecule has 6 nitrogen and oxygen atoms in total. The maximum atomic E-state index is 13.6. The minimum Gasteiger partial charge on any atom is -0.494 e. The number of pyridine rings is 1. The van der Waals surface area contributed by atoms with E-state index in [9.17, 15) is 18.4 Å². The van der Waals surface area contributed by atoms with E-state index in [4.69, 9.17) is 4.74 Å². The maximum Gasteiger partial charge on any atom is 0.254 e. The number of hydrogen-bond acceptors (Lipinski definition) is 4. The number of aromatic nitrogens is 1. The van der Waals surface area contributed by atoms with E-state index in [1.54, 1.807) is 30.5 Å². The number of methoxy groups -OCH3 is 1. The number of hydrogen-bond donors (Lipinski definition) is 2. The van der Waals surface area contributed by atoms with Gasteiger partial charge < -0.3 is 15.4 Å². The summed E-state index contributed by atoms with van der Waals surface area (Å²) in [6, 6.07) is 9.63. The second-order valence-corrected chi connectivity index (χ2v) is 5.89. The molecule has 0 unspecified atom stereocenters. The molecule has 0 spiro atoms. The van der Waals surface area contributed by atoms with Gasteiger partial charge in [0.2, 0.25) is 5.91 Å². The summed E-state index contributed by atoms with van der Waals surface area (Å²) in [7, 11) is 1.54. The molecule has 1 heterocycles. The largest absolute Gasteiger partial charge is 0.494 e. The summed E-state index contributed by atoms with van der Waals surface area (Å²) >= 11 is 0. The van der Waals surface area contributed by atoms with E-state index in [0.717, 1.165) is 12.1 Å². The Labute approximate surface area is 159 Å². The normalized spacial score (nSPS) is 10.5. The topological polar surface area (TPSA) is 80.3 Å². The Bertz CT molecular complexity index is 1040. The van der Waals surface area contributed by atoms with Crippen LogP contribution in [-0.2, 0) is 4.79 Å². The van der Waals surface area contributed by atoms with Crippen LogP contribution in [-0.4, -0.2) is 30.5 Å². The maximum absolute atomic E-state index is 13.6. The molecule has 2 aromatic carbocycles. The van der Waals surface area contributed by atoms with E-state index in [0.29, 0.717) is 28.4 Å². The molecule has 0 aliphatic carbocycles. The van der Waals surface area contributed by atoms with Gasteiger partial charge in [-0.25, -0.2) is 8.78 Å². The lowest BCUT2D eigenvalue weighted by molar-refractivity contribution is -0.116. The molecule has 0 fully saturated rings. The molecular weight excluding hydrogens is 368 g/mol. The fourth-order valence-electron chi connectivity index (χ4n) is 2.69. The molecule has 28 heavy (non-hydrogen) atoms. The predicted octanol–water partition coefficient (Wildman–Crippen LogP) is 3.28. The lowest BCUT2D eigenvalue weighted by Crippen LogP contribution is -2.28. The number of fused-ring (bicyclic) bond motifs is 1. The van der Waals surface area contributed by atoms with E-state index in [1.807, 2.05) is 0 Å². The average molecular weight is 385 g/mol. The number of benzene rings is 2. The molecule has 0 aliphatic heterocycles. The van der Waals surface area contributed by atoms with E-state index in [1.165, 1.54) is 7.11 Å². The van der Waals surface area contributed by atoms with Gasteiger partial charge in [0.1, 0.15) is 22.9 Å². The molecule has 0 saturated heterocycles. The van der Waals surface area contributed by atoms with Gasteiger partial charge in [-0.1, -0.05) is 0 Å². The van der Waals surface area contributed by atoms with Crippen molar-refractivity contribution in [3.8, 4) is 5.75 Å². The Morgan fingerprint density at radius 2 is 1.96 bits per heavy atom. The number of nitrogens with one attached hydrogen (secondary N) is 2. The number of ether oxygens (including phenoxy) is 1. The highest BCUT2D eigenvalue weighted by Gasteiger charge is 2.13. The average Bonchev–Trinajstić information content (AvgIpc) is 2.68. The summed E-state index contributed by atoms with van der Waals surface area (Å²) in [6.45, 7) is -0.00613. The second kappa shape index (κ2) is 8.43. The standard InChI is InChI=1S/C20H17F2N3O3/c1-28-17-7-6-16(14-3-2-9-23-19(14)17)25-18(26)8-10-24-20(27)13-5-4-12(21)11-15(13)22/h2-7,9,11H,8,10H2,1H3,(H,24,27)(H,25,26). The van der Waals surface area contributed by atoms with Crippen LogP contribution in [0.1, 0.15) is 16.8 Å². The Morgan fingerprint density at radius 1 is 1.14 bits per heavy atom. The number of carbonyl (C=O) groups is 2. The third kappa shape index (κ3) is 4.22. The smallest absolute Gasteiger partial charge is 0.254 e. The minimum absolute atomic E-state index is 0.00613. The first-order valence-electron chi connectivity index (χ1n) is 8.44. The fraction of sp³-hybridized carbons (Fsp3) is 0.150. The molecule has 0 atom stereocenters. The zero-order valence-corrected chi connectivity index (χ0v) is 15.0. The molecular formula is C20H17F2N3O3. The fourth-order valence-corrected chi connectivity index (χ4v) is 2.69. The molecule has 0 aliphatic rings. The number of nitrogens with zero attached hydrogens (tertiary/aromatic N) is 1. The van der Waals surface area contributed by atoms with Crippen LogP contribution < -0.4 is 15.4 Å². The molecule has 3 rings (SSSR count). The molecule has 144 valence electrons. The van der Waals surface area contributed by atoms with Crippen LogP contribution in [0.25, 0.3) is 10.9 Å². The Kier molecular flexibility index (Phi) is 5.78. The van der Waals surface area contributed by atoms with Crippen molar-refractivity contribution in [1.29, 1.82) is 0 Å². The van der Waals surface area contributed by atoms with Crippen molar-refractivity contribution in [1.82, 2.24) is 10.3 Å². The molecule has 1 aromatic heterocycles. The Balaban J connectivity index is 1.61. The number of anilines is 1. The first kappa shape index (κ1) is 19.2. The molecule has 2 amide bonds. The van der Waals surface area contributed by atoms with Crippen LogP contribution in [0.3, 0.4) is 0 Å². The summed E-state index contributed by atoms with van der Waals surface area (Å²) in [4.78, 5) is 28.4. The van der Waals surface area contributed by atoms with Crippen molar-refractivity contribution in [2.75, 3.05) is 19.0 Å². The minimum atomic E-state index is -0.959. The molecule has 0 saturated carbocycles. The molecule has 0 bridgehead atoms. The van der Waals surface area contributed by atoms with Crippen LogP contribution >= 0.6 is 0 Å². The SMILES string of the molecule is COc1ccc(NC(=O)CCNC(=O)c2ccc(F)cc2F)c2cccnc12. The van der Waals surface area contributed by atoms with Crippen LogP contribution in [0.2, 0.25) is 0 Å². The third-order valence-electron chi connectivity index (χ3n) is 4.04. The van der Waals surface area contributed by atoms with Gasteiger partial charge >= 0.3 is 0 Å². The first-order valence-corrected chi connectivity index (χ1v) is 8.44. The zero-order chi connectivity index (χ0) is 20.1. The second-order valence-electron chi connectivity index (χ2n) is 5.89. The van der Waals surface area contributed by atoms with Crippen molar-refractivity contribution in [3.05, 3.63) is 65.9 Å². The van der Waals surface area contributed by atoms with E-state index in [2.05, 4.69) is 15.6 Å². The summed E-state index contributed by atoms with van der Waals surface area (Å²) in [5, 5.41) is 5.91. The highest BCUT2D eigenvalue weighted by molar-refractivity contribution is 6.03. The van der Waals surface area contributed by atoms with Gasteiger partial charge in [0.05, 0.1) is 18.4 Å². The summed E-state index contributed by atoms with van der Waals surface area (Å²) < 4.78 is 31.7. The van der Waals surface area contributed by atoms with Crippen molar-refractivity contribution in [2.24, 2.45) is 0 Å². The van der Waals surface area contributed by atoms with Gasteiger partial charge in [0.25, 0.3) is 5.91 Å². The van der Waals surface area contributed by atoms with Gasteiger partial charge in [0.15, 0.2) is 0 Å². The van der Waals surface area contributed by atoms with Gasteiger partial charge in [-0.05, 0) is 36.4 Å². The van der Waals surface area contributed by atoms with E-state index >= 15 is 0 Å². The van der Waals surface area contributed by atoms with Gasteiger partial charge in [0, 0.05) is 30.6 Å². The molecule has 3 aromatic rings. The number of rotatable bonds is 6. The van der Waals surface area contributed by atoms with Crippen LogP contribution in [0.4, 0.5) is 14.5 Å². The van der Waals surface area contributed by atoms with Crippen LogP contribution in [0, 0.1) is 11.6 Å². The number of carbonyl (C=O) groups excluding carboxylic acids is 2. The molecule has 2 N–H and O–H groups in total. The van der Waals surface area contributed by atoms with Crippen molar-refractivity contribution in [2.45, 2.75) is 6.42 Å². The highest BCUT2D eigenvalue weighted by Crippen LogP contribution is 2.29. The quantitative estimate of drug-likeness (QED) is 0.682. The third-order valence-corrected chi connectivity index (χ3v) is 4.04. The lowest BCUT2D eigenvalue weighted by atomic mass is 10.1. The monoisotopic (exact) mass is 385 g/mol. The number of halogens is 2. The molecule has 0 radical (unpaired) electrons. The van der Waals surface area contributed by atoms with Gasteiger partial charge in [-0.2, -0.15) is 0 Å². The van der Waals surface area contributed by atoms with E-state index < -0.39 is 17.5 Å². The summed E-state index contributed by atoms with van der Waals surface area (Å²) in [5.41, 5.74) is 0.890. The van der Waals surface area contributed by atoms with Crippen molar-refractivity contribution < 1.29 is 23.1 Å². The Hall–Kier alpha value is -3.55. The van der Waals surface area contributed by atoms with Crippen LogP contribution in [0.5, 0.6) is 5.75 Å². The highest BCUT2D eigenvalue weighted by atomic mass is 19.1. The van der Waals surface area contributed by atoms with Crippen LogP contribution in [0.15, 0.2) is 48.7 Å². The zero-order valence-electron chi connectivity index (χ0n) is 15.0. The summed E-state index contributed by atoms with van der Waals surface area (Å²) in [6.07, 6.45) is 1.60. The number of amides is 2. The van der Waals surface area contributed by atoms with Crippen molar-refractivity contribution >= 4 is 28.4 Å². The predicted molar refractivity (Wildman–Crippen MR) is 100 cm³/mol. The van der Waals surface area contributed by atoms with Gasteiger partial charge in [-0.15, -0.1) is 0 Å². The summed E-state index contributed by atoms with van der Waals surface area (Å²) in [5.74, 6) is -2.20. The van der Waals surface area contributed by atoms with Gasteiger partial charge in [-0.3, -0.25) is 14.6 Å². The lowest BCUT2D eigenvalue weighted by Gasteiger charge is -2.11.